The summed E-state index contributed by atoms with van der Waals surface area (Å²) in [5.41, 5.74) is -0.479. The molecule has 5 rings (SSSR count). The molecule has 10 nitrogen and oxygen atoms in total. The third-order valence-electron chi connectivity index (χ3n) is 7.05. The fourth-order valence-corrected chi connectivity index (χ4v) is 5.08. The summed E-state index contributed by atoms with van der Waals surface area (Å²) >= 11 is 0. The highest BCUT2D eigenvalue weighted by Gasteiger charge is 2.41. The Morgan fingerprint density at radius 2 is 1.86 bits per heavy atom. The summed E-state index contributed by atoms with van der Waals surface area (Å²) in [6, 6.07) is 5.13. The van der Waals surface area contributed by atoms with Crippen molar-refractivity contribution in [2.45, 2.75) is 58.2 Å². The highest BCUT2D eigenvalue weighted by Crippen LogP contribution is 2.39. The van der Waals surface area contributed by atoms with Crippen molar-refractivity contribution in [3.8, 4) is 5.75 Å². The zero-order chi connectivity index (χ0) is 26.0. The van der Waals surface area contributed by atoms with Crippen LogP contribution in [0.5, 0.6) is 5.75 Å². The maximum absolute atomic E-state index is 13.1. The number of aromatic hydroxyl groups is 1. The number of amides is 3. The van der Waals surface area contributed by atoms with Crippen molar-refractivity contribution in [2.75, 3.05) is 13.1 Å². The van der Waals surface area contributed by atoms with Gasteiger partial charge in [0.15, 0.2) is 5.69 Å². The molecule has 1 fully saturated rings. The van der Waals surface area contributed by atoms with E-state index in [-0.39, 0.29) is 12.5 Å². The molecular formula is C25H30FN5O5. The number of nitrogens with zero attached hydrogens (tertiary/aromatic N) is 3. The van der Waals surface area contributed by atoms with E-state index in [9.17, 15) is 28.7 Å². The molecule has 192 valence electrons. The van der Waals surface area contributed by atoms with Gasteiger partial charge in [-0.05, 0) is 56.7 Å². The number of carbonyl (C=O) groups is 3. The molecule has 0 saturated heterocycles. The predicted octanol–water partition coefficient (Wildman–Crippen LogP) is 1.27. The highest BCUT2D eigenvalue weighted by molar-refractivity contribution is 6.35. The first-order chi connectivity index (χ1) is 17.2. The fourth-order valence-electron chi connectivity index (χ4n) is 5.08. The molecule has 1 aromatic heterocycles. The quantitative estimate of drug-likeness (QED) is 0.513. The molecule has 2 aromatic rings. The van der Waals surface area contributed by atoms with Gasteiger partial charge in [-0.15, -0.1) is 0 Å². The summed E-state index contributed by atoms with van der Waals surface area (Å²) in [7, 11) is 0. The van der Waals surface area contributed by atoms with Crippen molar-refractivity contribution < 1.29 is 23.9 Å². The van der Waals surface area contributed by atoms with Gasteiger partial charge in [0, 0.05) is 38.1 Å². The smallest absolute Gasteiger partial charge is 0.311 e. The number of aromatic nitrogens is 2. The Morgan fingerprint density at radius 1 is 1.17 bits per heavy atom. The van der Waals surface area contributed by atoms with Gasteiger partial charge >= 0.3 is 11.8 Å². The van der Waals surface area contributed by atoms with Crippen LogP contribution in [0.2, 0.25) is 0 Å². The summed E-state index contributed by atoms with van der Waals surface area (Å²) < 4.78 is 14.5. The topological polar surface area (TPSA) is 134 Å². The van der Waals surface area contributed by atoms with Crippen molar-refractivity contribution >= 4 is 17.7 Å². The molecule has 3 N–H and O–H groups in total. The van der Waals surface area contributed by atoms with Crippen molar-refractivity contribution in [1.29, 1.82) is 0 Å². The number of hydrogen-bond acceptors (Lipinski definition) is 6. The second kappa shape index (κ2) is 10.5. The van der Waals surface area contributed by atoms with Gasteiger partial charge in [-0.2, -0.15) is 0 Å². The number of benzene rings is 1. The maximum atomic E-state index is 13.1. The van der Waals surface area contributed by atoms with Crippen LogP contribution < -0.4 is 16.2 Å². The number of likely N-dealkylation sites (N-methyl/N-ethyl adjacent to an activating group) is 1. The molecule has 2 aliphatic heterocycles. The van der Waals surface area contributed by atoms with E-state index < -0.39 is 52.5 Å². The number of fused-ring (bicyclic) bond motifs is 2. The van der Waals surface area contributed by atoms with Crippen molar-refractivity contribution in [3.05, 3.63) is 57.5 Å². The molecule has 2 bridgehead atoms. The summed E-state index contributed by atoms with van der Waals surface area (Å²) in [6.45, 7) is 4.77. The van der Waals surface area contributed by atoms with Crippen LogP contribution >= 0.6 is 0 Å². The molecule has 3 aliphatic rings. The van der Waals surface area contributed by atoms with Crippen LogP contribution in [0.1, 0.15) is 60.9 Å². The van der Waals surface area contributed by atoms with Gasteiger partial charge in [0.05, 0.1) is 0 Å². The monoisotopic (exact) mass is 499 g/mol. The van der Waals surface area contributed by atoms with Gasteiger partial charge in [0.2, 0.25) is 5.75 Å². The second-order valence-electron chi connectivity index (χ2n) is 9.24. The average molecular weight is 500 g/mol. The molecule has 3 amide bonds. The summed E-state index contributed by atoms with van der Waals surface area (Å²) in [5.74, 6) is -3.24. The Hall–Kier alpha value is -3.76. The lowest BCUT2D eigenvalue weighted by Gasteiger charge is -2.32. The van der Waals surface area contributed by atoms with Gasteiger partial charge in [-0.1, -0.05) is 12.1 Å². The van der Waals surface area contributed by atoms with Crippen LogP contribution in [0.25, 0.3) is 0 Å². The van der Waals surface area contributed by atoms with E-state index in [4.69, 9.17) is 0 Å². The molecule has 3 unspecified atom stereocenters. The van der Waals surface area contributed by atoms with Crippen molar-refractivity contribution in [2.24, 2.45) is 5.92 Å². The fraction of sp³-hybridized carbons (Fsp3) is 0.480. The average Bonchev–Trinajstić information content (AvgIpc) is 3.14. The number of rotatable bonds is 6. The Morgan fingerprint density at radius 3 is 2.53 bits per heavy atom. The van der Waals surface area contributed by atoms with Crippen LogP contribution in [-0.2, 0) is 22.7 Å². The van der Waals surface area contributed by atoms with Crippen molar-refractivity contribution in [1.82, 2.24) is 25.1 Å². The van der Waals surface area contributed by atoms with Crippen LogP contribution in [0, 0.1) is 11.7 Å². The molecule has 11 heteroatoms. The lowest BCUT2D eigenvalue weighted by Crippen LogP contribution is -2.49. The second-order valence-corrected chi connectivity index (χ2v) is 9.24. The molecule has 3 atom stereocenters. The zero-order valence-corrected chi connectivity index (χ0v) is 20.3. The summed E-state index contributed by atoms with van der Waals surface area (Å²) in [5, 5.41) is 16.0. The first kappa shape index (κ1) is 25.3. The minimum atomic E-state index is -0.742. The molecule has 0 spiro atoms. The highest BCUT2D eigenvalue weighted by atomic mass is 19.1. The number of hydrogen-bond donors (Lipinski definition) is 3. The van der Waals surface area contributed by atoms with E-state index >= 15 is 0 Å². The Labute approximate surface area is 207 Å². The molecule has 3 heterocycles. The summed E-state index contributed by atoms with van der Waals surface area (Å²) in [6.07, 6.45) is 1.96. The molecule has 1 aromatic carbocycles. The standard InChI is InChI=1S/C25H30FN5O5/c1-3-30(4-2)25(36)23(34)28-18-11-15-7-10-17(18)21-29-19(20(32)24(35)31(21)13-15)22(33)27-12-14-5-8-16(26)9-6-14/h5-6,8-9,15,17-18,32H,3-4,7,10-13H2,1-2H3,(H,27,33)(H,28,34). The van der Waals surface area contributed by atoms with Gasteiger partial charge in [0.1, 0.15) is 11.6 Å². The minimum absolute atomic E-state index is 0.0495. The zero-order valence-electron chi connectivity index (χ0n) is 20.3. The van der Waals surface area contributed by atoms with E-state index in [0.29, 0.717) is 43.9 Å². The normalized spacial score (nSPS) is 20.2. The Balaban J connectivity index is 1.59. The maximum Gasteiger partial charge on any atom is 0.311 e. The molecular weight excluding hydrogens is 469 g/mol. The third-order valence-corrected chi connectivity index (χ3v) is 7.05. The Kier molecular flexibility index (Phi) is 7.37. The number of nitrogens with one attached hydrogen (secondary N) is 2. The van der Waals surface area contributed by atoms with E-state index in [1.165, 1.54) is 33.7 Å². The molecule has 1 aliphatic carbocycles. The Bertz CT molecular complexity index is 1220. The van der Waals surface area contributed by atoms with E-state index in [0.717, 1.165) is 6.42 Å². The third kappa shape index (κ3) is 4.95. The van der Waals surface area contributed by atoms with E-state index in [1.807, 2.05) is 0 Å². The summed E-state index contributed by atoms with van der Waals surface area (Å²) in [4.78, 5) is 56.9. The van der Waals surface area contributed by atoms with Crippen LogP contribution in [0.15, 0.2) is 29.1 Å². The van der Waals surface area contributed by atoms with Gasteiger partial charge in [-0.25, -0.2) is 9.37 Å². The van der Waals surface area contributed by atoms with Gasteiger partial charge in [-0.3, -0.25) is 23.7 Å². The van der Waals surface area contributed by atoms with E-state index in [2.05, 4.69) is 15.6 Å². The van der Waals surface area contributed by atoms with E-state index in [1.54, 1.807) is 13.8 Å². The van der Waals surface area contributed by atoms with Crippen LogP contribution in [0.4, 0.5) is 4.39 Å². The number of halogens is 1. The molecule has 0 radical (unpaired) electrons. The largest absolute Gasteiger partial charge is 0.501 e. The molecule has 1 saturated carbocycles. The van der Waals surface area contributed by atoms with Gasteiger partial charge < -0.3 is 20.6 Å². The lowest BCUT2D eigenvalue weighted by molar-refractivity contribution is -0.146. The predicted molar refractivity (Wildman–Crippen MR) is 128 cm³/mol. The molecule has 36 heavy (non-hydrogen) atoms. The van der Waals surface area contributed by atoms with Crippen molar-refractivity contribution in [3.63, 3.8) is 0 Å². The lowest BCUT2D eigenvalue weighted by atomic mass is 9.79. The number of carbonyl (C=O) groups excluding carboxylic acids is 3. The first-order valence-corrected chi connectivity index (χ1v) is 12.2. The SMILES string of the molecule is CCN(CC)C(=O)C(=O)NC1CC2CCC1c1nc(C(=O)NCc3ccc(F)cc3)c(O)c(=O)n1C2. The van der Waals surface area contributed by atoms with Crippen LogP contribution in [-0.4, -0.2) is 56.4 Å². The first-order valence-electron chi connectivity index (χ1n) is 12.2. The minimum Gasteiger partial charge on any atom is -0.501 e. The van der Waals surface area contributed by atoms with Crippen LogP contribution in [0.3, 0.4) is 0 Å². The van der Waals surface area contributed by atoms with Gasteiger partial charge in [0.25, 0.3) is 11.5 Å².